The number of likely N-dealkylation sites (tertiary alicyclic amines) is 1. The number of hydrogen-bond donors (Lipinski definition) is 2. The molecule has 2 aromatic rings. The van der Waals surface area contributed by atoms with Gasteiger partial charge in [-0.2, -0.15) is 0 Å². The zero-order valence-corrected chi connectivity index (χ0v) is 13.6. The number of nitrogens with zero attached hydrogens (tertiary/aromatic N) is 1. The molecule has 4 heteroatoms. The summed E-state index contributed by atoms with van der Waals surface area (Å²) >= 11 is 0. The first-order chi connectivity index (χ1) is 11.7. The molecule has 0 bridgehead atoms. The molecule has 24 heavy (non-hydrogen) atoms. The normalized spacial score (nSPS) is 18.2. The van der Waals surface area contributed by atoms with Gasteiger partial charge in [0.15, 0.2) is 6.10 Å². The van der Waals surface area contributed by atoms with E-state index in [0.717, 1.165) is 18.4 Å². The number of benzene rings is 2. The Hall–Kier alpha value is -2.17. The van der Waals surface area contributed by atoms with Crippen LogP contribution in [0, 0.1) is 5.92 Å². The molecular formula is C20H23NO3. The maximum Gasteiger partial charge on any atom is 0.256 e. The summed E-state index contributed by atoms with van der Waals surface area (Å²) in [7, 11) is 0. The second-order valence-electron chi connectivity index (χ2n) is 6.33. The molecule has 0 radical (unpaired) electrons. The molecule has 126 valence electrons. The Morgan fingerprint density at radius 2 is 1.38 bits per heavy atom. The van der Waals surface area contributed by atoms with Crippen molar-refractivity contribution < 1.29 is 15.0 Å². The van der Waals surface area contributed by atoms with Crippen LogP contribution in [0.2, 0.25) is 0 Å². The van der Waals surface area contributed by atoms with Gasteiger partial charge in [0.2, 0.25) is 0 Å². The van der Waals surface area contributed by atoms with E-state index in [0.29, 0.717) is 18.7 Å². The SMILES string of the molecule is O=C(C(O)c1ccccc1)N1CCC(C(O)c2ccccc2)CC1. The Balaban J connectivity index is 1.58. The molecule has 1 saturated heterocycles. The van der Waals surface area contributed by atoms with Gasteiger partial charge in [0.05, 0.1) is 6.10 Å². The Morgan fingerprint density at radius 1 is 0.875 bits per heavy atom. The van der Waals surface area contributed by atoms with Gasteiger partial charge in [-0.15, -0.1) is 0 Å². The van der Waals surface area contributed by atoms with Crippen molar-refractivity contribution in [2.24, 2.45) is 5.92 Å². The van der Waals surface area contributed by atoms with Crippen LogP contribution in [0.15, 0.2) is 60.7 Å². The highest BCUT2D eigenvalue weighted by molar-refractivity contribution is 5.82. The van der Waals surface area contributed by atoms with Crippen LogP contribution in [0.4, 0.5) is 0 Å². The highest BCUT2D eigenvalue weighted by Crippen LogP contribution is 2.31. The van der Waals surface area contributed by atoms with Crippen LogP contribution in [0.5, 0.6) is 0 Å². The number of aliphatic hydroxyl groups excluding tert-OH is 2. The van der Waals surface area contributed by atoms with E-state index in [2.05, 4.69) is 0 Å². The lowest BCUT2D eigenvalue weighted by Gasteiger charge is -2.35. The zero-order valence-electron chi connectivity index (χ0n) is 13.6. The van der Waals surface area contributed by atoms with Gasteiger partial charge < -0.3 is 15.1 Å². The number of hydrogen-bond acceptors (Lipinski definition) is 3. The van der Waals surface area contributed by atoms with Crippen LogP contribution >= 0.6 is 0 Å². The van der Waals surface area contributed by atoms with Gasteiger partial charge >= 0.3 is 0 Å². The van der Waals surface area contributed by atoms with Gasteiger partial charge in [-0.05, 0) is 29.9 Å². The largest absolute Gasteiger partial charge is 0.388 e. The molecule has 2 N–H and O–H groups in total. The summed E-state index contributed by atoms with van der Waals surface area (Å²) in [6, 6.07) is 18.6. The van der Waals surface area contributed by atoms with E-state index in [4.69, 9.17) is 0 Å². The van der Waals surface area contributed by atoms with Gasteiger partial charge in [0.1, 0.15) is 0 Å². The highest BCUT2D eigenvalue weighted by atomic mass is 16.3. The minimum atomic E-state index is -1.11. The van der Waals surface area contributed by atoms with Gasteiger partial charge in [-0.3, -0.25) is 4.79 Å². The number of aliphatic hydroxyl groups is 2. The molecule has 2 atom stereocenters. The van der Waals surface area contributed by atoms with Crippen LogP contribution in [0.25, 0.3) is 0 Å². The Bertz CT molecular complexity index is 651. The summed E-state index contributed by atoms with van der Waals surface area (Å²) in [5.74, 6) is -0.112. The summed E-state index contributed by atoms with van der Waals surface area (Å²) < 4.78 is 0. The summed E-state index contributed by atoms with van der Waals surface area (Å²) in [6.07, 6.45) is -0.128. The average molecular weight is 325 g/mol. The Morgan fingerprint density at radius 3 is 1.92 bits per heavy atom. The molecular weight excluding hydrogens is 302 g/mol. The van der Waals surface area contributed by atoms with Gasteiger partial charge in [0.25, 0.3) is 5.91 Å². The van der Waals surface area contributed by atoms with E-state index in [1.54, 1.807) is 17.0 Å². The van der Waals surface area contributed by atoms with Gasteiger partial charge in [-0.25, -0.2) is 0 Å². The van der Waals surface area contributed by atoms with Crippen molar-refractivity contribution >= 4 is 5.91 Å². The molecule has 0 aromatic heterocycles. The topological polar surface area (TPSA) is 60.8 Å². The molecule has 1 amide bonds. The first-order valence-corrected chi connectivity index (χ1v) is 8.41. The van der Waals surface area contributed by atoms with Crippen molar-refractivity contribution in [3.63, 3.8) is 0 Å². The van der Waals surface area contributed by atoms with Crippen LogP contribution in [0.3, 0.4) is 0 Å². The number of rotatable bonds is 4. The number of carbonyl (C=O) groups is 1. The van der Waals surface area contributed by atoms with Crippen molar-refractivity contribution in [2.45, 2.75) is 25.0 Å². The van der Waals surface area contributed by atoms with Crippen molar-refractivity contribution in [3.8, 4) is 0 Å². The summed E-state index contributed by atoms with van der Waals surface area (Å²) in [5, 5.41) is 20.8. The van der Waals surface area contributed by atoms with Crippen LogP contribution in [-0.4, -0.2) is 34.1 Å². The van der Waals surface area contributed by atoms with E-state index in [9.17, 15) is 15.0 Å². The summed E-state index contributed by atoms with van der Waals surface area (Å²) in [4.78, 5) is 14.2. The molecule has 4 nitrogen and oxygen atoms in total. The third kappa shape index (κ3) is 3.66. The molecule has 1 heterocycles. The van der Waals surface area contributed by atoms with E-state index in [-0.39, 0.29) is 11.8 Å². The van der Waals surface area contributed by atoms with Gasteiger partial charge in [0, 0.05) is 13.1 Å². The second-order valence-corrected chi connectivity index (χ2v) is 6.33. The lowest BCUT2D eigenvalue weighted by atomic mass is 9.87. The molecule has 0 saturated carbocycles. The molecule has 0 aliphatic carbocycles. The first kappa shape index (κ1) is 16.7. The third-order valence-corrected chi connectivity index (χ3v) is 4.79. The fourth-order valence-corrected chi connectivity index (χ4v) is 3.31. The number of piperidine rings is 1. The first-order valence-electron chi connectivity index (χ1n) is 8.41. The standard InChI is InChI=1S/C20H23NO3/c22-18(15-7-3-1-4-8-15)17-11-13-21(14-12-17)20(24)19(23)16-9-5-2-6-10-16/h1-10,17-19,22-23H,11-14H2. The third-order valence-electron chi connectivity index (χ3n) is 4.79. The number of amides is 1. The van der Waals surface area contributed by atoms with Crippen molar-refractivity contribution in [2.75, 3.05) is 13.1 Å². The van der Waals surface area contributed by atoms with Gasteiger partial charge in [-0.1, -0.05) is 60.7 Å². The Labute approximate surface area is 142 Å². The van der Waals surface area contributed by atoms with E-state index in [1.807, 2.05) is 48.5 Å². The Kier molecular flexibility index (Phi) is 5.28. The second kappa shape index (κ2) is 7.60. The van der Waals surface area contributed by atoms with E-state index < -0.39 is 12.2 Å². The summed E-state index contributed by atoms with van der Waals surface area (Å²) in [5.41, 5.74) is 1.54. The highest BCUT2D eigenvalue weighted by Gasteiger charge is 2.31. The summed E-state index contributed by atoms with van der Waals surface area (Å²) in [6.45, 7) is 1.13. The maximum atomic E-state index is 12.5. The zero-order chi connectivity index (χ0) is 16.9. The number of carbonyl (C=O) groups excluding carboxylic acids is 1. The quantitative estimate of drug-likeness (QED) is 0.908. The average Bonchev–Trinajstić information content (AvgIpc) is 2.68. The lowest BCUT2D eigenvalue weighted by Crippen LogP contribution is -2.42. The molecule has 1 aliphatic heterocycles. The van der Waals surface area contributed by atoms with Crippen LogP contribution in [0.1, 0.15) is 36.2 Å². The molecule has 2 aromatic carbocycles. The predicted octanol–water partition coefficient (Wildman–Crippen LogP) is 2.69. The molecule has 3 rings (SSSR count). The molecule has 0 spiro atoms. The van der Waals surface area contributed by atoms with Crippen molar-refractivity contribution in [3.05, 3.63) is 71.8 Å². The maximum absolute atomic E-state index is 12.5. The monoisotopic (exact) mass is 325 g/mol. The van der Waals surface area contributed by atoms with E-state index in [1.165, 1.54) is 0 Å². The molecule has 1 fully saturated rings. The fourth-order valence-electron chi connectivity index (χ4n) is 3.31. The molecule has 2 unspecified atom stereocenters. The predicted molar refractivity (Wildman–Crippen MR) is 92.1 cm³/mol. The van der Waals surface area contributed by atoms with Crippen LogP contribution in [-0.2, 0) is 4.79 Å². The van der Waals surface area contributed by atoms with Crippen molar-refractivity contribution in [1.82, 2.24) is 4.90 Å². The molecule has 1 aliphatic rings. The van der Waals surface area contributed by atoms with Crippen molar-refractivity contribution in [1.29, 1.82) is 0 Å². The fraction of sp³-hybridized carbons (Fsp3) is 0.350. The smallest absolute Gasteiger partial charge is 0.256 e. The van der Waals surface area contributed by atoms with E-state index >= 15 is 0 Å². The lowest BCUT2D eigenvalue weighted by molar-refractivity contribution is -0.142. The minimum Gasteiger partial charge on any atom is -0.388 e. The minimum absolute atomic E-state index is 0.144. The van der Waals surface area contributed by atoms with Crippen LogP contribution < -0.4 is 0 Å².